The van der Waals surface area contributed by atoms with Crippen LogP contribution in [-0.4, -0.2) is 72.3 Å². The zero-order valence-corrected chi connectivity index (χ0v) is 37.3. The van der Waals surface area contributed by atoms with Gasteiger partial charge in [0.25, 0.3) is 0 Å². The van der Waals surface area contributed by atoms with Gasteiger partial charge in [-0.1, -0.05) is 193 Å². The third-order valence-corrected chi connectivity index (χ3v) is 11.5. The van der Waals surface area contributed by atoms with Crippen LogP contribution in [0.1, 0.15) is 214 Å². The van der Waals surface area contributed by atoms with E-state index in [1.54, 1.807) is 12.1 Å². The molecule has 1 aromatic carbocycles. The Morgan fingerprint density at radius 2 is 0.714 bits per heavy atom. The smallest absolute Gasteiger partial charge is 0.339 e. The van der Waals surface area contributed by atoms with Crippen molar-refractivity contribution in [2.24, 2.45) is 0 Å². The number of carbonyl (C=O) groups is 2. The number of aliphatic hydroxyl groups is 2. The Hall–Kier alpha value is -1.30. The molecule has 2 N–H and O–H groups in total. The first-order valence-corrected chi connectivity index (χ1v) is 24.6. The summed E-state index contributed by atoms with van der Waals surface area (Å²) in [5, 5.41) is 20.5. The van der Waals surface area contributed by atoms with Crippen molar-refractivity contribution < 1.29 is 37.6 Å². The maximum atomic E-state index is 12.8. The molecule has 0 aromatic heterocycles. The molecule has 0 radical (unpaired) electrons. The van der Waals surface area contributed by atoms with Crippen molar-refractivity contribution in [1.29, 1.82) is 0 Å². The fourth-order valence-corrected chi connectivity index (χ4v) is 7.90. The Morgan fingerprint density at radius 1 is 0.446 bits per heavy atom. The predicted molar refractivity (Wildman–Crippen MR) is 236 cm³/mol. The molecule has 1 rings (SSSR count). The van der Waals surface area contributed by atoms with Crippen LogP contribution in [0.4, 0.5) is 0 Å². The van der Waals surface area contributed by atoms with Gasteiger partial charge in [-0.25, -0.2) is 9.59 Å². The van der Waals surface area contributed by atoms with E-state index in [1.165, 1.54) is 203 Å². The van der Waals surface area contributed by atoms with Gasteiger partial charge in [-0.05, 0) is 49.1 Å². The van der Waals surface area contributed by atoms with E-state index in [9.17, 15) is 19.8 Å². The number of aliphatic hydroxyl groups excluding tert-OH is 2. The summed E-state index contributed by atoms with van der Waals surface area (Å²) >= 11 is 2.67. The van der Waals surface area contributed by atoms with Crippen molar-refractivity contribution >= 4 is 36.0 Å². The molecule has 2 unspecified atom stereocenters. The highest BCUT2D eigenvalue weighted by molar-refractivity contribution is 7.94. The summed E-state index contributed by atoms with van der Waals surface area (Å²) in [4.78, 5) is 25.5. The van der Waals surface area contributed by atoms with Crippen LogP contribution in [0.15, 0.2) is 24.3 Å². The van der Waals surface area contributed by atoms with E-state index >= 15 is 0 Å². The first kappa shape index (κ1) is 52.7. The second kappa shape index (κ2) is 40.5. The Kier molecular flexibility index (Phi) is 38.1. The third kappa shape index (κ3) is 32.6. The van der Waals surface area contributed by atoms with Crippen molar-refractivity contribution in [3.8, 4) is 0 Å². The van der Waals surface area contributed by atoms with Crippen LogP contribution >= 0.6 is 24.1 Å². The van der Waals surface area contributed by atoms with Gasteiger partial charge in [-0.3, -0.25) is 0 Å². The van der Waals surface area contributed by atoms with Crippen LogP contribution in [0, 0.1) is 0 Å². The third-order valence-electron chi connectivity index (χ3n) is 10.0. The summed E-state index contributed by atoms with van der Waals surface area (Å²) in [5.41, 5.74) is 0.0690. The molecule has 0 aliphatic heterocycles. The second-order valence-electron chi connectivity index (χ2n) is 15.5. The number of hydrogen-bond acceptors (Lipinski definition) is 10. The van der Waals surface area contributed by atoms with Gasteiger partial charge < -0.3 is 28.1 Å². The highest BCUT2D eigenvalue weighted by Crippen LogP contribution is 2.17. The van der Waals surface area contributed by atoms with Crippen LogP contribution in [0.25, 0.3) is 0 Å². The molecule has 0 saturated heterocycles. The fourth-order valence-electron chi connectivity index (χ4n) is 6.52. The average Bonchev–Trinajstić information content (AvgIpc) is 3.21. The van der Waals surface area contributed by atoms with Crippen LogP contribution in [0.2, 0.25) is 0 Å². The number of esters is 2. The molecule has 0 spiro atoms. The van der Waals surface area contributed by atoms with Gasteiger partial charge in [0, 0.05) is 11.5 Å². The molecule has 0 saturated carbocycles. The quantitative estimate of drug-likeness (QED) is 0.0375. The maximum absolute atomic E-state index is 12.8. The Balaban J connectivity index is 2.04. The monoisotopic (exact) mass is 827 g/mol. The number of ether oxygens (including phenoxy) is 2. The van der Waals surface area contributed by atoms with E-state index in [4.69, 9.17) is 17.8 Å². The van der Waals surface area contributed by atoms with Crippen molar-refractivity contribution in [2.45, 2.75) is 206 Å². The largest absolute Gasteiger partial charge is 0.459 e. The van der Waals surface area contributed by atoms with Gasteiger partial charge in [-0.15, -0.1) is 0 Å². The Bertz CT molecular complexity index is 950. The predicted octanol–water partition coefficient (Wildman–Crippen LogP) is 13.0. The van der Waals surface area contributed by atoms with Crippen molar-refractivity contribution in [1.82, 2.24) is 0 Å². The first-order chi connectivity index (χ1) is 27.5. The molecule has 0 bridgehead atoms. The molecule has 8 nitrogen and oxygen atoms in total. The molecule has 0 fully saturated rings. The fraction of sp³-hybridized carbons (Fsp3) is 0.826. The van der Waals surface area contributed by atoms with Gasteiger partial charge in [0.15, 0.2) is 0 Å². The van der Waals surface area contributed by atoms with Gasteiger partial charge >= 0.3 is 11.9 Å². The standard InChI is InChI=1S/C46H82O8S2/c1-3-5-7-9-11-13-15-17-19-21-23-25-27-31-35-55-53-39-41(47)37-51-45(49)43-33-29-30-34-44(43)46(50)52-38-42(48)40-54-56-36-32-28-26-24-22-20-18-16-14-12-10-8-6-4-2/h29-30,33-34,41-42,47-48H,3-28,31-32,35-40H2,1-2H3. The molecule has 0 amide bonds. The molecule has 10 heteroatoms. The summed E-state index contributed by atoms with van der Waals surface area (Å²) in [6.45, 7) is 4.10. The number of unbranched alkanes of at least 4 members (excludes halogenated alkanes) is 26. The molecule has 0 heterocycles. The summed E-state index contributed by atoms with van der Waals surface area (Å²) in [5.74, 6) is 0.240. The normalized spacial score (nSPS) is 12.5. The Labute approximate surface area is 351 Å². The van der Waals surface area contributed by atoms with Crippen LogP contribution < -0.4 is 0 Å². The Morgan fingerprint density at radius 3 is 1.00 bits per heavy atom. The van der Waals surface area contributed by atoms with Crippen molar-refractivity contribution in [3.05, 3.63) is 35.4 Å². The van der Waals surface area contributed by atoms with Gasteiger partial charge in [0.2, 0.25) is 0 Å². The zero-order valence-electron chi connectivity index (χ0n) is 35.7. The summed E-state index contributed by atoms with van der Waals surface area (Å²) in [7, 11) is 0. The van der Waals surface area contributed by atoms with Crippen LogP contribution in [-0.2, 0) is 17.8 Å². The first-order valence-electron chi connectivity index (χ1n) is 22.8. The molecule has 326 valence electrons. The van der Waals surface area contributed by atoms with Crippen molar-refractivity contribution in [3.63, 3.8) is 0 Å². The van der Waals surface area contributed by atoms with Crippen LogP contribution in [0.5, 0.6) is 0 Å². The van der Waals surface area contributed by atoms with Gasteiger partial charge in [0.05, 0.1) is 24.3 Å². The van der Waals surface area contributed by atoms with E-state index in [1.807, 2.05) is 0 Å². The maximum Gasteiger partial charge on any atom is 0.339 e. The summed E-state index contributed by atoms with van der Waals surface area (Å²) in [6.07, 6.45) is 35.1. The van der Waals surface area contributed by atoms with Crippen LogP contribution in [0.3, 0.4) is 0 Å². The molecule has 0 aliphatic carbocycles. The number of carbonyl (C=O) groups excluding carboxylic acids is 2. The molecule has 56 heavy (non-hydrogen) atoms. The van der Waals surface area contributed by atoms with E-state index in [-0.39, 0.29) is 37.6 Å². The number of hydrogen-bond donors (Lipinski definition) is 2. The highest BCUT2D eigenvalue weighted by Gasteiger charge is 2.21. The molecule has 1 aromatic rings. The zero-order chi connectivity index (χ0) is 40.6. The molecular formula is C46H82O8S2. The SMILES string of the molecule is CCCCCCCCCCCCCCCCSOCC(O)COC(=O)c1ccccc1C(=O)OCC(O)COSCCCCCCCCCCCCCCCC. The van der Waals surface area contributed by atoms with Crippen molar-refractivity contribution in [2.75, 3.05) is 37.9 Å². The summed E-state index contributed by atoms with van der Waals surface area (Å²) in [6, 6.07) is 6.20. The lowest BCUT2D eigenvalue weighted by molar-refractivity contribution is 0.0122. The van der Waals surface area contributed by atoms with Gasteiger partial charge in [0.1, 0.15) is 25.4 Å². The second-order valence-corrected chi connectivity index (χ2v) is 17.2. The minimum Gasteiger partial charge on any atom is -0.459 e. The van der Waals surface area contributed by atoms with E-state index in [2.05, 4.69) is 13.8 Å². The van der Waals surface area contributed by atoms with E-state index in [0.29, 0.717) is 0 Å². The molecule has 2 atom stereocenters. The molecule has 0 aliphatic rings. The minimum absolute atomic E-state index is 0.0345. The van der Waals surface area contributed by atoms with Gasteiger partial charge in [-0.2, -0.15) is 0 Å². The number of benzene rings is 1. The highest BCUT2D eigenvalue weighted by atomic mass is 32.2. The lowest BCUT2D eigenvalue weighted by Gasteiger charge is -2.14. The summed E-state index contributed by atoms with van der Waals surface area (Å²) < 4.78 is 21.6. The lowest BCUT2D eigenvalue weighted by atomic mass is 10.0. The molecular weight excluding hydrogens is 745 g/mol. The van der Waals surface area contributed by atoms with E-state index in [0.717, 1.165) is 24.3 Å². The average molecular weight is 827 g/mol. The minimum atomic E-state index is -0.982. The lowest BCUT2D eigenvalue weighted by Crippen LogP contribution is -2.25. The topological polar surface area (TPSA) is 112 Å². The van der Waals surface area contributed by atoms with E-state index < -0.39 is 24.1 Å². The number of rotatable bonds is 42.